The van der Waals surface area contributed by atoms with Crippen molar-refractivity contribution >= 4 is 6.08 Å². The van der Waals surface area contributed by atoms with Gasteiger partial charge in [-0.2, -0.15) is 4.98 Å². The summed E-state index contributed by atoms with van der Waals surface area (Å²) in [7, 11) is 0. The van der Waals surface area contributed by atoms with Crippen molar-refractivity contribution in [2.45, 2.75) is 12.5 Å². The molecule has 3 aliphatic rings. The Morgan fingerprint density at radius 3 is 3.33 bits per heavy atom. The Morgan fingerprint density at radius 1 is 1.33 bits per heavy atom. The SMILES string of the molecule is C1=Cc2cc3c(nc2=N1)O[C@H]1COCC[C@@H]1CN=3. The van der Waals surface area contributed by atoms with Crippen LogP contribution in [0.25, 0.3) is 6.08 Å². The van der Waals surface area contributed by atoms with Crippen molar-refractivity contribution in [1.29, 1.82) is 0 Å². The van der Waals surface area contributed by atoms with Gasteiger partial charge in [0.15, 0.2) is 5.49 Å². The average molecular weight is 243 g/mol. The number of hydrogen-bond acceptors (Lipinski definition) is 5. The molecule has 0 N–H and O–H groups in total. The standard InChI is InChI=1S/C13H13N3O2/c1-3-14-12-8(1)5-10-13(16-12)18-11-7-17-4-2-9(11)6-15-10/h1,3,5,9,11H,2,4,6-7H2/t9-,11+/m1/s1. The zero-order valence-electron chi connectivity index (χ0n) is 9.87. The normalized spacial score (nSPS) is 28.0. The lowest BCUT2D eigenvalue weighted by Crippen LogP contribution is -2.38. The molecule has 0 amide bonds. The summed E-state index contributed by atoms with van der Waals surface area (Å²) in [5, 5.41) is 0.838. The first kappa shape index (κ1) is 10.2. The first-order valence-corrected chi connectivity index (χ1v) is 6.24. The van der Waals surface area contributed by atoms with Crippen molar-refractivity contribution in [2.24, 2.45) is 15.9 Å². The second-order valence-electron chi connectivity index (χ2n) is 4.79. The van der Waals surface area contributed by atoms with E-state index in [-0.39, 0.29) is 6.10 Å². The Labute approximate surface area is 104 Å². The van der Waals surface area contributed by atoms with Crippen LogP contribution in [0.4, 0.5) is 0 Å². The van der Waals surface area contributed by atoms with Crippen molar-refractivity contribution in [2.75, 3.05) is 19.8 Å². The van der Waals surface area contributed by atoms with Gasteiger partial charge >= 0.3 is 0 Å². The van der Waals surface area contributed by atoms with Gasteiger partial charge in [0.25, 0.3) is 0 Å². The Morgan fingerprint density at radius 2 is 2.33 bits per heavy atom. The van der Waals surface area contributed by atoms with Gasteiger partial charge < -0.3 is 9.47 Å². The van der Waals surface area contributed by atoms with Crippen LogP contribution in [0, 0.1) is 5.92 Å². The molecule has 1 fully saturated rings. The molecular formula is C13H13N3O2. The molecule has 0 aromatic carbocycles. The van der Waals surface area contributed by atoms with Gasteiger partial charge in [-0.05, 0) is 18.6 Å². The highest BCUT2D eigenvalue weighted by atomic mass is 16.5. The van der Waals surface area contributed by atoms with Gasteiger partial charge in [-0.3, -0.25) is 4.99 Å². The summed E-state index contributed by atoms with van der Waals surface area (Å²) in [5.41, 5.74) is 1.74. The molecule has 18 heavy (non-hydrogen) atoms. The Kier molecular flexibility index (Phi) is 2.20. The van der Waals surface area contributed by atoms with E-state index in [9.17, 15) is 0 Å². The van der Waals surface area contributed by atoms with Gasteiger partial charge in [-0.25, -0.2) is 4.99 Å². The predicted octanol–water partition coefficient (Wildman–Crippen LogP) is 0.103. The second kappa shape index (κ2) is 3.88. The van der Waals surface area contributed by atoms with E-state index >= 15 is 0 Å². The first-order chi connectivity index (χ1) is 8.90. The van der Waals surface area contributed by atoms with Crippen LogP contribution in [-0.4, -0.2) is 30.8 Å². The van der Waals surface area contributed by atoms with Crippen LogP contribution < -0.4 is 15.6 Å². The fourth-order valence-electron chi connectivity index (χ4n) is 2.56. The molecule has 0 unspecified atom stereocenters. The maximum atomic E-state index is 5.97. The third-order valence-electron chi connectivity index (χ3n) is 3.63. The molecule has 4 heterocycles. The summed E-state index contributed by atoms with van der Waals surface area (Å²) < 4.78 is 11.4. The van der Waals surface area contributed by atoms with Gasteiger partial charge in [-0.15, -0.1) is 0 Å². The maximum absolute atomic E-state index is 5.97. The molecule has 0 aliphatic carbocycles. The van der Waals surface area contributed by atoms with E-state index in [0.29, 0.717) is 18.4 Å². The minimum absolute atomic E-state index is 0.0728. The number of fused-ring (bicyclic) bond motifs is 3. The van der Waals surface area contributed by atoms with Gasteiger partial charge in [0.05, 0.1) is 6.61 Å². The third-order valence-corrected chi connectivity index (χ3v) is 3.63. The minimum atomic E-state index is 0.0728. The molecule has 2 atom stereocenters. The molecule has 5 nitrogen and oxygen atoms in total. The lowest BCUT2D eigenvalue weighted by Gasteiger charge is -2.28. The van der Waals surface area contributed by atoms with Gasteiger partial charge in [-0.1, -0.05) is 0 Å². The number of ether oxygens (including phenoxy) is 2. The molecule has 0 bridgehead atoms. The average Bonchev–Trinajstić information content (AvgIpc) is 2.76. The number of nitrogens with zero attached hydrogens (tertiary/aromatic N) is 3. The van der Waals surface area contributed by atoms with E-state index in [0.717, 1.165) is 36.0 Å². The van der Waals surface area contributed by atoms with Crippen molar-refractivity contribution in [3.8, 4) is 5.88 Å². The highest BCUT2D eigenvalue weighted by Crippen LogP contribution is 2.21. The van der Waals surface area contributed by atoms with Crippen molar-refractivity contribution in [1.82, 2.24) is 4.98 Å². The van der Waals surface area contributed by atoms with Gasteiger partial charge in [0.1, 0.15) is 11.5 Å². The molecule has 4 rings (SSSR count). The smallest absolute Gasteiger partial charge is 0.241 e. The minimum Gasteiger partial charge on any atom is -0.470 e. The lowest BCUT2D eigenvalue weighted by atomic mass is 9.97. The van der Waals surface area contributed by atoms with Gasteiger partial charge in [0, 0.05) is 30.8 Å². The van der Waals surface area contributed by atoms with Crippen LogP contribution in [0.3, 0.4) is 0 Å². The molecule has 0 spiro atoms. The molecule has 3 aliphatic heterocycles. The van der Waals surface area contributed by atoms with Gasteiger partial charge in [0.2, 0.25) is 5.88 Å². The topological polar surface area (TPSA) is 56.1 Å². The van der Waals surface area contributed by atoms with Crippen LogP contribution in [-0.2, 0) is 4.74 Å². The Bertz CT molecular complexity index is 638. The summed E-state index contributed by atoms with van der Waals surface area (Å²) in [6.45, 7) is 2.23. The van der Waals surface area contributed by atoms with Crippen molar-refractivity contribution in [3.05, 3.63) is 28.7 Å². The van der Waals surface area contributed by atoms with E-state index in [1.165, 1.54) is 0 Å². The molecule has 1 saturated heterocycles. The lowest BCUT2D eigenvalue weighted by molar-refractivity contribution is -0.0273. The zero-order chi connectivity index (χ0) is 11.9. The monoisotopic (exact) mass is 243 g/mol. The third kappa shape index (κ3) is 1.54. The van der Waals surface area contributed by atoms with E-state index < -0.39 is 0 Å². The summed E-state index contributed by atoms with van der Waals surface area (Å²) in [4.78, 5) is 13.3. The zero-order valence-corrected chi connectivity index (χ0v) is 9.87. The quantitative estimate of drug-likeness (QED) is 0.649. The number of aromatic nitrogens is 1. The van der Waals surface area contributed by atoms with Crippen LogP contribution in [0.15, 0.2) is 22.3 Å². The summed E-state index contributed by atoms with van der Waals surface area (Å²) >= 11 is 0. The first-order valence-electron chi connectivity index (χ1n) is 6.24. The highest BCUT2D eigenvalue weighted by molar-refractivity contribution is 5.50. The van der Waals surface area contributed by atoms with Crippen molar-refractivity contribution in [3.63, 3.8) is 0 Å². The van der Waals surface area contributed by atoms with E-state index in [2.05, 4.69) is 15.0 Å². The molecule has 1 aromatic heterocycles. The van der Waals surface area contributed by atoms with Crippen LogP contribution >= 0.6 is 0 Å². The summed E-state index contributed by atoms with van der Waals surface area (Å²) in [5.74, 6) is 1.04. The largest absolute Gasteiger partial charge is 0.470 e. The number of hydrogen-bond donors (Lipinski definition) is 0. The van der Waals surface area contributed by atoms with Crippen LogP contribution in [0.1, 0.15) is 12.0 Å². The van der Waals surface area contributed by atoms with Crippen LogP contribution in [0.5, 0.6) is 5.88 Å². The summed E-state index contributed by atoms with van der Waals surface area (Å²) in [6.07, 6.45) is 4.78. The summed E-state index contributed by atoms with van der Waals surface area (Å²) in [6, 6.07) is 2.00. The predicted molar refractivity (Wildman–Crippen MR) is 63.8 cm³/mol. The van der Waals surface area contributed by atoms with Crippen LogP contribution in [0.2, 0.25) is 0 Å². The molecule has 5 heteroatoms. The molecule has 92 valence electrons. The molecule has 0 radical (unpaired) electrons. The fourth-order valence-corrected chi connectivity index (χ4v) is 2.56. The Hall–Kier alpha value is -1.75. The second-order valence-corrected chi connectivity index (χ2v) is 4.79. The molecule has 1 aromatic rings. The van der Waals surface area contributed by atoms with E-state index in [4.69, 9.17) is 9.47 Å². The number of rotatable bonds is 0. The maximum Gasteiger partial charge on any atom is 0.241 e. The number of pyridine rings is 1. The van der Waals surface area contributed by atoms with Crippen molar-refractivity contribution < 1.29 is 9.47 Å². The highest BCUT2D eigenvalue weighted by Gasteiger charge is 2.30. The van der Waals surface area contributed by atoms with E-state index in [1.54, 1.807) is 6.20 Å². The Balaban J connectivity index is 1.81. The molecular weight excluding hydrogens is 230 g/mol. The molecule has 0 saturated carbocycles. The fraction of sp³-hybridized carbons (Fsp3) is 0.462. The van der Waals surface area contributed by atoms with E-state index in [1.807, 2.05) is 12.1 Å².